The SMILES string of the molecule is CC(C)c1bccbc1NS. The number of hydrogen-bond donors (Lipinski definition) is 2. The van der Waals surface area contributed by atoms with E-state index in [4.69, 9.17) is 0 Å². The first kappa shape index (κ1) is 8.85. The monoisotopic (exact) mass is 163 g/mol. The second kappa shape index (κ2) is 3.96. The van der Waals surface area contributed by atoms with Crippen LogP contribution in [0.2, 0.25) is 0 Å². The fourth-order valence-electron chi connectivity index (χ4n) is 1.10. The maximum atomic E-state index is 4.02. The average molecular weight is 163 g/mol. The zero-order chi connectivity index (χ0) is 8.27. The average Bonchev–Trinajstić information content (AvgIpc) is 2.04. The van der Waals surface area contributed by atoms with E-state index >= 15 is 0 Å². The number of nitrogens with one attached hydrogen (secondary N) is 1. The first-order valence-corrected chi connectivity index (χ1v) is 4.19. The summed E-state index contributed by atoms with van der Waals surface area (Å²) in [5.41, 5.74) is 2.41. The third-order valence-electron chi connectivity index (χ3n) is 1.70. The molecule has 0 bridgehead atoms. The second-order valence-electron chi connectivity index (χ2n) is 2.85. The molecule has 0 saturated carbocycles. The van der Waals surface area contributed by atoms with Crippen molar-refractivity contribution in [2.45, 2.75) is 19.8 Å². The molecule has 1 N–H and O–H groups in total. The van der Waals surface area contributed by atoms with E-state index in [2.05, 4.69) is 38.3 Å². The van der Waals surface area contributed by atoms with Gasteiger partial charge in [0.15, 0.2) is 0 Å². The molecule has 1 heterocycles. The Labute approximate surface area is 74.6 Å². The first-order chi connectivity index (χ1) is 5.25. The van der Waals surface area contributed by atoms with Crippen molar-refractivity contribution in [1.29, 1.82) is 0 Å². The number of hydrogen-bond acceptors (Lipinski definition) is 2. The summed E-state index contributed by atoms with van der Waals surface area (Å²) in [7, 11) is 0. The Morgan fingerprint density at radius 2 is 2.00 bits per heavy atom. The molecule has 4 heteroatoms. The van der Waals surface area contributed by atoms with E-state index in [1.807, 2.05) is 18.8 Å². The van der Waals surface area contributed by atoms with Gasteiger partial charge in [-0.1, -0.05) is 0 Å². The second-order valence-corrected chi connectivity index (χ2v) is 3.08. The van der Waals surface area contributed by atoms with Crippen molar-refractivity contribution in [2.24, 2.45) is 0 Å². The summed E-state index contributed by atoms with van der Waals surface area (Å²) >= 11 is 4.02. The third-order valence-corrected chi connectivity index (χ3v) is 1.94. The van der Waals surface area contributed by atoms with Gasteiger partial charge in [0.25, 0.3) is 0 Å². The summed E-state index contributed by atoms with van der Waals surface area (Å²) in [6.07, 6.45) is 0. The molecule has 0 aliphatic carbocycles. The summed E-state index contributed by atoms with van der Waals surface area (Å²) in [4.78, 5) is 0. The van der Waals surface area contributed by atoms with Crippen LogP contribution in [0.25, 0.3) is 0 Å². The Bertz CT molecular complexity index is 240. The molecule has 1 rings (SSSR count). The van der Waals surface area contributed by atoms with Crippen LogP contribution in [-0.4, -0.2) is 13.8 Å². The molecular weight excluding hydrogens is 152 g/mol. The molecule has 0 saturated heterocycles. The zero-order valence-electron chi connectivity index (χ0n) is 6.83. The standard InChI is InChI=1S/C7H11B2NS/c1-5(2)6-7(10-11)9-4-3-8-6/h3-5,10-11H,1-2H3. The van der Waals surface area contributed by atoms with Gasteiger partial charge in [0.1, 0.15) is 0 Å². The van der Waals surface area contributed by atoms with E-state index in [0.29, 0.717) is 5.92 Å². The molecule has 0 aliphatic heterocycles. The van der Waals surface area contributed by atoms with Gasteiger partial charge in [0, 0.05) is 0 Å². The topological polar surface area (TPSA) is 12.0 Å². The predicted molar refractivity (Wildman–Crippen MR) is 55.8 cm³/mol. The van der Waals surface area contributed by atoms with Crippen molar-refractivity contribution in [1.82, 2.24) is 0 Å². The van der Waals surface area contributed by atoms with Gasteiger partial charge >= 0.3 is 74.1 Å². The van der Waals surface area contributed by atoms with Gasteiger partial charge in [-0.15, -0.1) is 0 Å². The van der Waals surface area contributed by atoms with E-state index in [-0.39, 0.29) is 0 Å². The summed E-state index contributed by atoms with van der Waals surface area (Å²) in [6.45, 7) is 8.49. The fraction of sp³-hybridized carbons (Fsp3) is 0.429. The molecule has 1 aromatic heterocycles. The minimum absolute atomic E-state index is 0.547. The van der Waals surface area contributed by atoms with Crippen LogP contribution in [0.5, 0.6) is 0 Å². The molecule has 0 aromatic carbocycles. The van der Waals surface area contributed by atoms with Crippen LogP contribution in [-0.2, 0) is 0 Å². The summed E-state index contributed by atoms with van der Waals surface area (Å²) in [5.74, 6) is 4.60. The first-order valence-electron chi connectivity index (χ1n) is 3.74. The van der Waals surface area contributed by atoms with Crippen molar-refractivity contribution in [3.63, 3.8) is 0 Å². The van der Waals surface area contributed by atoms with E-state index in [1.54, 1.807) is 0 Å². The Morgan fingerprint density at radius 1 is 1.36 bits per heavy atom. The Balaban J connectivity index is 3.02. The van der Waals surface area contributed by atoms with Crippen molar-refractivity contribution < 1.29 is 0 Å². The van der Waals surface area contributed by atoms with Crippen molar-refractivity contribution in [3.8, 4) is 0 Å². The molecule has 0 unspecified atom stereocenters. The van der Waals surface area contributed by atoms with Crippen LogP contribution in [0.3, 0.4) is 0 Å². The summed E-state index contributed by atoms with van der Waals surface area (Å²) in [5, 5.41) is 0. The zero-order valence-corrected chi connectivity index (χ0v) is 7.73. The molecule has 0 fully saturated rings. The fourth-order valence-corrected chi connectivity index (χ4v) is 1.31. The van der Waals surface area contributed by atoms with Crippen LogP contribution in [0.15, 0.2) is 11.9 Å². The van der Waals surface area contributed by atoms with E-state index < -0.39 is 0 Å². The van der Waals surface area contributed by atoms with Gasteiger partial charge in [-0.3, -0.25) is 0 Å². The van der Waals surface area contributed by atoms with Gasteiger partial charge in [-0.2, -0.15) is 0 Å². The van der Waals surface area contributed by atoms with Crippen LogP contribution in [0, 0.1) is 0 Å². The van der Waals surface area contributed by atoms with Gasteiger partial charge < -0.3 is 0 Å². The van der Waals surface area contributed by atoms with Crippen LogP contribution < -0.4 is 4.72 Å². The van der Waals surface area contributed by atoms with Crippen LogP contribution >= 0.6 is 12.8 Å². The van der Waals surface area contributed by atoms with Crippen molar-refractivity contribution in [2.75, 3.05) is 4.72 Å². The van der Waals surface area contributed by atoms with E-state index in [9.17, 15) is 0 Å². The Morgan fingerprint density at radius 3 is 2.45 bits per heavy atom. The molecular formula is C7H11B2NS. The normalized spacial score (nSPS) is 9.45. The molecule has 0 radical (unpaired) electrons. The molecule has 0 amide bonds. The predicted octanol–water partition coefficient (Wildman–Crippen LogP) is 1.74. The van der Waals surface area contributed by atoms with Crippen LogP contribution in [0.1, 0.15) is 25.2 Å². The Kier molecular flexibility index (Phi) is 3.18. The molecule has 0 atom stereocenters. The summed E-state index contributed by atoms with van der Waals surface area (Å²) in [6, 6.07) is 0. The van der Waals surface area contributed by atoms with E-state index in [1.165, 1.54) is 5.46 Å². The van der Waals surface area contributed by atoms with Gasteiger partial charge in [0.05, 0.1) is 0 Å². The minimum atomic E-state index is 0.547. The van der Waals surface area contributed by atoms with Crippen molar-refractivity contribution in [3.05, 3.63) is 17.4 Å². The number of rotatable bonds is 2. The van der Waals surface area contributed by atoms with Crippen molar-refractivity contribution >= 4 is 32.2 Å². The molecule has 0 aliphatic rings. The molecule has 1 nitrogen and oxygen atoms in total. The molecule has 1 aromatic rings. The summed E-state index contributed by atoms with van der Waals surface area (Å²) < 4.78 is 2.87. The van der Waals surface area contributed by atoms with Gasteiger partial charge in [-0.05, 0) is 0 Å². The molecule has 11 heavy (non-hydrogen) atoms. The maximum absolute atomic E-state index is 4.02. The van der Waals surface area contributed by atoms with Gasteiger partial charge in [0.2, 0.25) is 0 Å². The Hall–Kier alpha value is -0.240. The molecule has 0 spiro atoms. The molecule has 56 valence electrons. The van der Waals surface area contributed by atoms with Crippen LogP contribution in [0.4, 0.5) is 5.58 Å². The van der Waals surface area contributed by atoms with E-state index in [0.717, 1.165) is 5.58 Å². The quantitative estimate of drug-likeness (QED) is 0.632. The van der Waals surface area contributed by atoms with Gasteiger partial charge in [-0.25, -0.2) is 0 Å². The number of thiol groups is 1. The third kappa shape index (κ3) is 2.09. The number of anilines is 1.